The van der Waals surface area contributed by atoms with Crippen LogP contribution in [0.4, 0.5) is 0 Å². The zero-order valence-electron chi connectivity index (χ0n) is 15.2. The highest BCUT2D eigenvalue weighted by Gasteiger charge is 2.16. The van der Waals surface area contributed by atoms with E-state index >= 15 is 0 Å². The molecule has 0 fully saturated rings. The second-order valence-electron chi connectivity index (χ2n) is 6.94. The third-order valence-electron chi connectivity index (χ3n) is 5.23. The number of aromatic nitrogens is 4. The van der Waals surface area contributed by atoms with Gasteiger partial charge in [0.25, 0.3) is 0 Å². The Morgan fingerprint density at radius 3 is 2.21 bits per heavy atom. The van der Waals surface area contributed by atoms with Crippen LogP contribution in [0.1, 0.15) is 0 Å². The minimum atomic E-state index is 0.107. The van der Waals surface area contributed by atoms with Gasteiger partial charge in [-0.25, -0.2) is 9.97 Å². The number of phenolic OH excluding ortho intramolecular Hbond substituents is 1. The summed E-state index contributed by atoms with van der Waals surface area (Å²) in [5.41, 5.74) is 5.90. The molecule has 0 aliphatic carbocycles. The molecule has 3 heterocycles. The van der Waals surface area contributed by atoms with Gasteiger partial charge in [0.15, 0.2) is 5.75 Å². The Hall–Kier alpha value is -4.12. The van der Waals surface area contributed by atoms with E-state index in [-0.39, 0.29) is 5.75 Å². The lowest BCUT2D eigenvalue weighted by molar-refractivity contribution is 0.482. The number of phenols is 1. The van der Waals surface area contributed by atoms with Crippen molar-refractivity contribution in [3.8, 4) is 16.9 Å². The summed E-state index contributed by atoms with van der Waals surface area (Å²) < 4.78 is 0. The first-order valence-corrected chi connectivity index (χ1v) is 9.31. The maximum absolute atomic E-state index is 11.1. The van der Waals surface area contributed by atoms with Crippen LogP contribution in [0.25, 0.3) is 55.0 Å². The lowest BCUT2D eigenvalue weighted by Gasteiger charge is -2.12. The number of benzene rings is 3. The van der Waals surface area contributed by atoms with Crippen LogP contribution in [0, 0.1) is 0 Å². The Morgan fingerprint density at radius 2 is 1.34 bits per heavy atom. The highest BCUT2D eigenvalue weighted by Crippen LogP contribution is 2.39. The highest BCUT2D eigenvalue weighted by molar-refractivity contribution is 6.11. The maximum atomic E-state index is 11.1. The molecule has 5 heteroatoms. The van der Waals surface area contributed by atoms with E-state index in [1.54, 1.807) is 12.4 Å². The van der Waals surface area contributed by atoms with Gasteiger partial charge in [-0.2, -0.15) is 0 Å². The van der Waals surface area contributed by atoms with Gasteiger partial charge in [-0.05, 0) is 48.5 Å². The number of fused-ring (bicyclic) bond motifs is 5. The molecule has 29 heavy (non-hydrogen) atoms. The topological polar surface area (TPSA) is 71.8 Å². The molecule has 0 spiro atoms. The van der Waals surface area contributed by atoms with Crippen molar-refractivity contribution in [3.05, 3.63) is 79.1 Å². The van der Waals surface area contributed by atoms with Gasteiger partial charge in [-0.1, -0.05) is 18.2 Å². The number of hydrogen-bond donors (Lipinski definition) is 1. The maximum Gasteiger partial charge on any atom is 0.151 e. The van der Waals surface area contributed by atoms with Crippen LogP contribution in [-0.4, -0.2) is 25.0 Å². The predicted molar refractivity (Wildman–Crippen MR) is 115 cm³/mol. The Balaban J connectivity index is 1.72. The van der Waals surface area contributed by atoms with Crippen LogP contribution in [0.15, 0.2) is 79.1 Å². The van der Waals surface area contributed by atoms with Gasteiger partial charge in [0.2, 0.25) is 0 Å². The quantitative estimate of drug-likeness (QED) is 0.314. The summed E-state index contributed by atoms with van der Waals surface area (Å²) in [5, 5.41) is 13.1. The molecule has 0 unspecified atom stereocenters. The average molecular weight is 374 g/mol. The van der Waals surface area contributed by atoms with Crippen molar-refractivity contribution in [2.24, 2.45) is 0 Å². The molecule has 0 amide bonds. The largest absolute Gasteiger partial charge is 0.505 e. The summed E-state index contributed by atoms with van der Waals surface area (Å²) in [7, 11) is 0. The summed E-state index contributed by atoms with van der Waals surface area (Å²) in [6, 6.07) is 21.3. The number of hydrogen-bond acceptors (Lipinski definition) is 5. The molecular weight excluding hydrogens is 360 g/mol. The van der Waals surface area contributed by atoms with Crippen LogP contribution in [0.2, 0.25) is 0 Å². The van der Waals surface area contributed by atoms with Crippen molar-refractivity contribution in [1.29, 1.82) is 0 Å². The lowest BCUT2D eigenvalue weighted by Crippen LogP contribution is -1.92. The molecule has 0 saturated heterocycles. The molecule has 6 aromatic rings. The number of aromatic hydroxyl groups is 1. The molecule has 5 nitrogen and oxygen atoms in total. The van der Waals surface area contributed by atoms with E-state index in [2.05, 4.69) is 19.9 Å². The molecule has 0 bridgehead atoms. The van der Waals surface area contributed by atoms with E-state index in [0.717, 1.165) is 38.4 Å². The number of nitrogens with zero attached hydrogens (tertiary/aromatic N) is 4. The van der Waals surface area contributed by atoms with E-state index in [0.29, 0.717) is 16.6 Å². The number of pyridine rings is 2. The summed E-state index contributed by atoms with van der Waals surface area (Å²) in [6.07, 6.45) is 3.54. The van der Waals surface area contributed by atoms with Crippen molar-refractivity contribution in [2.75, 3.05) is 0 Å². The van der Waals surface area contributed by atoms with Crippen LogP contribution >= 0.6 is 0 Å². The first kappa shape index (κ1) is 15.9. The molecule has 136 valence electrons. The van der Waals surface area contributed by atoms with Gasteiger partial charge in [0, 0.05) is 34.3 Å². The van der Waals surface area contributed by atoms with Gasteiger partial charge >= 0.3 is 0 Å². The molecule has 0 aliphatic heterocycles. The Morgan fingerprint density at radius 1 is 0.586 bits per heavy atom. The van der Waals surface area contributed by atoms with Crippen molar-refractivity contribution < 1.29 is 5.11 Å². The normalized spacial score (nSPS) is 11.6. The van der Waals surface area contributed by atoms with Crippen LogP contribution in [0.3, 0.4) is 0 Å². The lowest BCUT2D eigenvalue weighted by atomic mass is 9.97. The van der Waals surface area contributed by atoms with Crippen molar-refractivity contribution in [1.82, 2.24) is 19.9 Å². The van der Waals surface area contributed by atoms with Crippen LogP contribution in [0.5, 0.6) is 5.75 Å². The van der Waals surface area contributed by atoms with E-state index in [1.165, 1.54) is 0 Å². The third-order valence-corrected chi connectivity index (χ3v) is 5.23. The Bertz CT molecular complexity index is 1580. The molecular formula is C24H14N4O. The van der Waals surface area contributed by atoms with Gasteiger partial charge in [-0.15, -0.1) is 0 Å². The van der Waals surface area contributed by atoms with Crippen molar-refractivity contribution >= 4 is 43.9 Å². The van der Waals surface area contributed by atoms with Gasteiger partial charge in [0.1, 0.15) is 5.52 Å². The summed E-state index contributed by atoms with van der Waals surface area (Å²) in [5.74, 6) is 0.107. The Kier molecular flexibility index (Phi) is 3.25. The van der Waals surface area contributed by atoms with E-state index in [4.69, 9.17) is 0 Å². The minimum Gasteiger partial charge on any atom is -0.505 e. The molecule has 0 radical (unpaired) electrons. The fourth-order valence-corrected chi connectivity index (χ4v) is 3.89. The summed E-state index contributed by atoms with van der Waals surface area (Å²) in [4.78, 5) is 18.4. The molecule has 0 aliphatic rings. The zero-order valence-corrected chi connectivity index (χ0v) is 15.2. The second-order valence-corrected chi connectivity index (χ2v) is 6.94. The summed E-state index contributed by atoms with van der Waals surface area (Å²) >= 11 is 0. The monoisotopic (exact) mass is 374 g/mol. The smallest absolute Gasteiger partial charge is 0.151 e. The standard InChI is InChI=1S/C24H14N4O/c29-24-15(9-10-20-23(24)28-19-8-2-1-7-18(19)27-20)17-13-14-5-3-11-25-21(14)16-6-4-12-26-22(16)17/h1-13,29H. The molecule has 0 saturated carbocycles. The number of rotatable bonds is 1. The zero-order chi connectivity index (χ0) is 19.4. The van der Waals surface area contributed by atoms with Gasteiger partial charge in [0.05, 0.1) is 27.6 Å². The molecule has 0 atom stereocenters. The van der Waals surface area contributed by atoms with Crippen LogP contribution < -0.4 is 0 Å². The Labute approximate surface area is 165 Å². The SMILES string of the molecule is Oc1c(-c2cc3cccnc3c3cccnc23)ccc2nc3ccccc3nc12. The third kappa shape index (κ3) is 2.34. The van der Waals surface area contributed by atoms with E-state index < -0.39 is 0 Å². The first-order valence-electron chi connectivity index (χ1n) is 9.31. The molecule has 6 rings (SSSR count). The van der Waals surface area contributed by atoms with Gasteiger partial charge in [-0.3, -0.25) is 9.97 Å². The fourth-order valence-electron chi connectivity index (χ4n) is 3.89. The minimum absolute atomic E-state index is 0.107. The van der Waals surface area contributed by atoms with E-state index in [9.17, 15) is 5.11 Å². The van der Waals surface area contributed by atoms with Crippen molar-refractivity contribution in [3.63, 3.8) is 0 Å². The molecule has 1 N–H and O–H groups in total. The van der Waals surface area contributed by atoms with Crippen molar-refractivity contribution in [2.45, 2.75) is 0 Å². The average Bonchev–Trinajstić information content (AvgIpc) is 2.78. The molecule has 3 aromatic heterocycles. The predicted octanol–water partition coefficient (Wildman–Crippen LogP) is 5.25. The number of para-hydroxylation sites is 2. The first-order chi connectivity index (χ1) is 14.3. The fraction of sp³-hybridized carbons (Fsp3) is 0. The van der Waals surface area contributed by atoms with Crippen LogP contribution in [-0.2, 0) is 0 Å². The molecule has 3 aromatic carbocycles. The summed E-state index contributed by atoms with van der Waals surface area (Å²) in [6.45, 7) is 0. The van der Waals surface area contributed by atoms with E-state index in [1.807, 2.05) is 66.7 Å². The second kappa shape index (κ2) is 5.94. The highest BCUT2D eigenvalue weighted by atomic mass is 16.3. The van der Waals surface area contributed by atoms with Gasteiger partial charge < -0.3 is 5.11 Å².